The van der Waals surface area contributed by atoms with Crippen LogP contribution < -0.4 is 10.5 Å². The van der Waals surface area contributed by atoms with Crippen LogP contribution in [0.3, 0.4) is 0 Å². The van der Waals surface area contributed by atoms with Crippen LogP contribution >= 0.6 is 12.4 Å². The number of nitrogens with two attached hydrogens (primary N) is 1. The first-order valence-electron chi connectivity index (χ1n) is 5.05. The molecule has 1 spiro atoms. The van der Waals surface area contributed by atoms with Crippen LogP contribution in [0.2, 0.25) is 0 Å². The molecule has 1 heterocycles. The summed E-state index contributed by atoms with van der Waals surface area (Å²) < 4.78 is 5.97. The van der Waals surface area contributed by atoms with Crippen molar-refractivity contribution in [2.24, 2.45) is 0 Å². The van der Waals surface area contributed by atoms with Crippen LogP contribution in [0.1, 0.15) is 24.8 Å². The Hall–Kier alpha value is -1.15. The van der Waals surface area contributed by atoms with E-state index in [0.29, 0.717) is 0 Å². The molecule has 0 atom stereocenters. The Bertz CT molecular complexity index is 410. The van der Waals surface area contributed by atoms with Crippen molar-refractivity contribution in [3.05, 3.63) is 29.8 Å². The minimum absolute atomic E-state index is 0. The highest BCUT2D eigenvalue weighted by molar-refractivity contribution is 5.85. The summed E-state index contributed by atoms with van der Waals surface area (Å²) in [6, 6.07) is 5.82. The van der Waals surface area contributed by atoms with Crippen LogP contribution in [-0.2, 0) is 0 Å². The first kappa shape index (κ1) is 10.4. The lowest BCUT2D eigenvalue weighted by atomic mass is 9.78. The van der Waals surface area contributed by atoms with Gasteiger partial charge in [0.15, 0.2) is 0 Å². The number of hydrogen-bond donors (Lipinski definition) is 1. The summed E-state index contributed by atoms with van der Waals surface area (Å²) in [5, 5.41) is 0. The van der Waals surface area contributed by atoms with Crippen molar-refractivity contribution in [1.29, 1.82) is 0 Å². The summed E-state index contributed by atoms with van der Waals surface area (Å²) in [4.78, 5) is 0. The molecular weight excluding hydrogens is 210 g/mol. The molecule has 80 valence electrons. The smallest absolute Gasteiger partial charge is 0.128 e. The predicted molar refractivity (Wildman–Crippen MR) is 64.3 cm³/mol. The van der Waals surface area contributed by atoms with Crippen LogP contribution in [0.4, 0.5) is 5.69 Å². The van der Waals surface area contributed by atoms with Crippen LogP contribution in [0.5, 0.6) is 5.75 Å². The minimum atomic E-state index is 0. The second-order valence-electron chi connectivity index (χ2n) is 4.15. The Morgan fingerprint density at radius 2 is 2.07 bits per heavy atom. The lowest BCUT2D eigenvalue weighted by molar-refractivity contribution is 0.0383. The standard InChI is InChI=1S/C12H13NO.ClH/c13-10-2-3-11-9(8-10)4-7-12(14-11)5-1-6-12;/h2-4,7-8H,1,5-6,13H2;1H. The highest BCUT2D eigenvalue weighted by atomic mass is 35.5. The Balaban J connectivity index is 0.000000853. The van der Waals surface area contributed by atoms with Crippen LogP contribution in [0.15, 0.2) is 24.3 Å². The van der Waals surface area contributed by atoms with Gasteiger partial charge in [-0.25, -0.2) is 0 Å². The van der Waals surface area contributed by atoms with Gasteiger partial charge >= 0.3 is 0 Å². The zero-order valence-electron chi connectivity index (χ0n) is 8.40. The fourth-order valence-corrected chi connectivity index (χ4v) is 2.08. The normalized spacial score (nSPS) is 19.7. The zero-order valence-corrected chi connectivity index (χ0v) is 9.22. The second-order valence-corrected chi connectivity index (χ2v) is 4.15. The molecule has 1 aromatic rings. The molecule has 2 aliphatic rings. The fraction of sp³-hybridized carbons (Fsp3) is 0.333. The van der Waals surface area contributed by atoms with Crippen molar-refractivity contribution in [3.63, 3.8) is 0 Å². The zero-order chi connectivity index (χ0) is 9.60. The number of halogens is 1. The van der Waals surface area contributed by atoms with E-state index in [1.807, 2.05) is 18.2 Å². The van der Waals surface area contributed by atoms with Gasteiger partial charge in [0.05, 0.1) is 0 Å². The molecule has 1 fully saturated rings. The topological polar surface area (TPSA) is 35.2 Å². The largest absolute Gasteiger partial charge is 0.483 e. The highest BCUT2D eigenvalue weighted by Crippen LogP contribution is 2.42. The molecule has 3 rings (SSSR count). The monoisotopic (exact) mass is 223 g/mol. The van der Waals surface area contributed by atoms with Gasteiger partial charge < -0.3 is 10.5 Å². The van der Waals surface area contributed by atoms with E-state index in [1.54, 1.807) is 0 Å². The molecule has 0 amide bonds. The number of benzene rings is 1. The van der Waals surface area contributed by atoms with Gasteiger partial charge in [0, 0.05) is 11.3 Å². The molecule has 1 saturated carbocycles. The molecule has 0 aromatic heterocycles. The van der Waals surface area contributed by atoms with Gasteiger partial charge in [0.2, 0.25) is 0 Å². The summed E-state index contributed by atoms with van der Waals surface area (Å²) in [5.74, 6) is 0.974. The average molecular weight is 224 g/mol. The maximum Gasteiger partial charge on any atom is 0.128 e. The summed E-state index contributed by atoms with van der Waals surface area (Å²) in [6.45, 7) is 0. The molecule has 0 saturated heterocycles. The molecule has 15 heavy (non-hydrogen) atoms. The summed E-state index contributed by atoms with van der Waals surface area (Å²) in [6.07, 6.45) is 7.88. The first-order chi connectivity index (χ1) is 6.77. The van der Waals surface area contributed by atoms with Crippen molar-refractivity contribution in [2.75, 3.05) is 5.73 Å². The van der Waals surface area contributed by atoms with Gasteiger partial charge in [-0.1, -0.05) is 6.08 Å². The molecule has 0 radical (unpaired) electrons. The molecule has 0 bridgehead atoms. The first-order valence-corrected chi connectivity index (χ1v) is 5.05. The van der Waals surface area contributed by atoms with E-state index in [-0.39, 0.29) is 18.0 Å². The van der Waals surface area contributed by atoms with Crippen molar-refractivity contribution >= 4 is 24.2 Å². The van der Waals surface area contributed by atoms with Gasteiger partial charge in [-0.2, -0.15) is 0 Å². The molecular formula is C12H14ClNO. The number of nitrogen functional groups attached to an aromatic ring is 1. The van der Waals surface area contributed by atoms with Crippen molar-refractivity contribution in [2.45, 2.75) is 24.9 Å². The van der Waals surface area contributed by atoms with Gasteiger partial charge in [-0.15, -0.1) is 12.4 Å². The summed E-state index contributed by atoms with van der Waals surface area (Å²) in [7, 11) is 0. The van der Waals surface area contributed by atoms with Crippen molar-refractivity contribution in [3.8, 4) is 5.75 Å². The predicted octanol–water partition coefficient (Wildman–Crippen LogP) is 3.02. The number of rotatable bonds is 0. The van der Waals surface area contributed by atoms with Crippen LogP contribution in [0.25, 0.3) is 6.08 Å². The third-order valence-electron chi connectivity index (χ3n) is 3.11. The number of anilines is 1. The Kier molecular flexibility index (Phi) is 2.39. The highest BCUT2D eigenvalue weighted by Gasteiger charge is 2.38. The van der Waals surface area contributed by atoms with E-state index in [1.165, 1.54) is 6.42 Å². The van der Waals surface area contributed by atoms with Gasteiger partial charge in [0.1, 0.15) is 11.4 Å². The van der Waals surface area contributed by atoms with E-state index in [9.17, 15) is 0 Å². The molecule has 1 aliphatic heterocycles. The number of ether oxygens (including phenoxy) is 1. The average Bonchev–Trinajstić information content (AvgIpc) is 2.15. The third kappa shape index (κ3) is 1.59. The summed E-state index contributed by atoms with van der Waals surface area (Å²) >= 11 is 0. The lowest BCUT2D eigenvalue weighted by Crippen LogP contribution is -2.42. The number of hydrogen-bond acceptors (Lipinski definition) is 2. The van der Waals surface area contributed by atoms with Crippen molar-refractivity contribution in [1.82, 2.24) is 0 Å². The molecule has 2 N–H and O–H groups in total. The number of fused-ring (bicyclic) bond motifs is 1. The molecule has 3 heteroatoms. The minimum Gasteiger partial charge on any atom is -0.483 e. The van der Waals surface area contributed by atoms with Crippen LogP contribution in [0, 0.1) is 0 Å². The Morgan fingerprint density at radius 1 is 1.27 bits per heavy atom. The second kappa shape index (κ2) is 3.46. The Labute approximate surface area is 95.5 Å². The maximum absolute atomic E-state index is 5.97. The van der Waals surface area contributed by atoms with E-state index in [0.717, 1.165) is 29.8 Å². The molecule has 0 unspecified atom stereocenters. The van der Waals surface area contributed by atoms with Crippen LogP contribution in [-0.4, -0.2) is 5.60 Å². The summed E-state index contributed by atoms with van der Waals surface area (Å²) in [5.41, 5.74) is 7.62. The van der Waals surface area contributed by atoms with E-state index in [4.69, 9.17) is 10.5 Å². The van der Waals surface area contributed by atoms with E-state index < -0.39 is 0 Å². The molecule has 1 aromatic carbocycles. The SMILES string of the molecule is Cl.Nc1ccc2c(c1)C=CC1(CCC1)O2. The van der Waals surface area contributed by atoms with E-state index >= 15 is 0 Å². The lowest BCUT2D eigenvalue weighted by Gasteiger charge is -2.41. The molecule has 2 nitrogen and oxygen atoms in total. The van der Waals surface area contributed by atoms with Crippen molar-refractivity contribution < 1.29 is 4.74 Å². The van der Waals surface area contributed by atoms with Gasteiger partial charge in [-0.3, -0.25) is 0 Å². The molecule has 1 aliphatic carbocycles. The Morgan fingerprint density at radius 3 is 2.73 bits per heavy atom. The fourth-order valence-electron chi connectivity index (χ4n) is 2.08. The van der Waals surface area contributed by atoms with Gasteiger partial charge in [-0.05, 0) is 43.5 Å². The quantitative estimate of drug-likeness (QED) is 0.687. The van der Waals surface area contributed by atoms with E-state index in [2.05, 4.69) is 12.2 Å². The third-order valence-corrected chi connectivity index (χ3v) is 3.11. The maximum atomic E-state index is 5.97. The van der Waals surface area contributed by atoms with Gasteiger partial charge in [0.25, 0.3) is 0 Å².